The Labute approximate surface area is 187 Å². The monoisotopic (exact) mass is 503 g/mol. The SMILES string of the molecule is O=C1C(O)=C(S(=O)(=O)c2ccccc2)[C@H](c2ccc(Cl)cc2)N1c1ccc(Br)cc1. The van der Waals surface area contributed by atoms with Gasteiger partial charge in [0, 0.05) is 15.2 Å². The highest BCUT2D eigenvalue weighted by Crippen LogP contribution is 2.45. The van der Waals surface area contributed by atoms with E-state index in [0.29, 0.717) is 16.3 Å². The first-order chi connectivity index (χ1) is 14.3. The van der Waals surface area contributed by atoms with Gasteiger partial charge in [-0.05, 0) is 54.1 Å². The van der Waals surface area contributed by atoms with E-state index in [9.17, 15) is 18.3 Å². The van der Waals surface area contributed by atoms with Crippen LogP contribution >= 0.6 is 27.5 Å². The molecule has 30 heavy (non-hydrogen) atoms. The summed E-state index contributed by atoms with van der Waals surface area (Å²) in [6.45, 7) is 0. The Hall–Kier alpha value is -2.61. The van der Waals surface area contributed by atoms with Crippen molar-refractivity contribution < 1.29 is 18.3 Å². The summed E-state index contributed by atoms with van der Waals surface area (Å²) >= 11 is 9.35. The largest absolute Gasteiger partial charge is 0.502 e. The number of anilines is 1. The van der Waals surface area contributed by atoms with Gasteiger partial charge in [-0.2, -0.15) is 0 Å². The van der Waals surface area contributed by atoms with Crippen LogP contribution in [-0.2, 0) is 14.6 Å². The molecule has 0 bridgehead atoms. The zero-order valence-electron chi connectivity index (χ0n) is 15.4. The number of hydrogen-bond acceptors (Lipinski definition) is 4. The first-order valence-corrected chi connectivity index (χ1v) is 11.5. The van der Waals surface area contributed by atoms with E-state index in [4.69, 9.17) is 11.6 Å². The molecule has 1 heterocycles. The smallest absolute Gasteiger partial charge is 0.295 e. The van der Waals surface area contributed by atoms with Crippen LogP contribution in [0.15, 0.2) is 98.9 Å². The van der Waals surface area contributed by atoms with Crippen LogP contribution in [0.25, 0.3) is 0 Å². The van der Waals surface area contributed by atoms with E-state index in [-0.39, 0.29) is 9.80 Å². The molecule has 0 spiro atoms. The number of carbonyl (C=O) groups is 1. The standard InChI is InChI=1S/C22H15BrClNO4S/c23-15-8-12-17(13-9-15)25-19(14-6-10-16(24)11-7-14)21(20(26)22(25)27)30(28,29)18-4-2-1-3-5-18/h1-13,19,26H/t19-/m0/s1. The second-order valence-electron chi connectivity index (χ2n) is 6.64. The van der Waals surface area contributed by atoms with Gasteiger partial charge < -0.3 is 5.11 Å². The van der Waals surface area contributed by atoms with Crippen LogP contribution in [0.1, 0.15) is 11.6 Å². The number of carbonyl (C=O) groups excluding carboxylic acids is 1. The topological polar surface area (TPSA) is 74.7 Å². The van der Waals surface area contributed by atoms with Crippen molar-refractivity contribution in [2.45, 2.75) is 10.9 Å². The van der Waals surface area contributed by atoms with Gasteiger partial charge in [0.15, 0.2) is 5.76 Å². The van der Waals surface area contributed by atoms with E-state index >= 15 is 0 Å². The maximum atomic E-state index is 13.4. The third-order valence-electron chi connectivity index (χ3n) is 4.79. The molecule has 0 saturated heterocycles. The van der Waals surface area contributed by atoms with Crippen LogP contribution in [0.2, 0.25) is 5.02 Å². The van der Waals surface area contributed by atoms with Gasteiger partial charge in [-0.15, -0.1) is 0 Å². The maximum Gasteiger partial charge on any atom is 0.295 e. The third kappa shape index (κ3) is 3.53. The lowest BCUT2D eigenvalue weighted by Gasteiger charge is -2.27. The number of halogens is 2. The lowest BCUT2D eigenvalue weighted by Crippen LogP contribution is -2.31. The van der Waals surface area contributed by atoms with E-state index in [2.05, 4.69) is 15.9 Å². The first kappa shape index (κ1) is 20.7. The zero-order chi connectivity index (χ0) is 21.5. The molecule has 1 aliphatic rings. The number of nitrogens with zero attached hydrogens (tertiary/aromatic N) is 1. The number of benzene rings is 3. The number of rotatable bonds is 4. The Morgan fingerprint density at radius 2 is 1.50 bits per heavy atom. The Balaban J connectivity index is 1.94. The second kappa shape index (κ2) is 7.91. The van der Waals surface area contributed by atoms with Gasteiger partial charge in [-0.25, -0.2) is 8.42 Å². The van der Waals surface area contributed by atoms with Gasteiger partial charge in [0.2, 0.25) is 9.84 Å². The summed E-state index contributed by atoms with van der Waals surface area (Å²) in [7, 11) is -4.15. The molecule has 1 aliphatic heterocycles. The van der Waals surface area contributed by atoms with E-state index in [1.54, 1.807) is 66.7 Å². The molecule has 4 rings (SSSR count). The Morgan fingerprint density at radius 3 is 2.10 bits per heavy atom. The van der Waals surface area contributed by atoms with Gasteiger partial charge in [-0.1, -0.05) is 57.9 Å². The van der Waals surface area contributed by atoms with E-state index in [1.165, 1.54) is 17.0 Å². The minimum atomic E-state index is -4.15. The van der Waals surface area contributed by atoms with Crippen molar-refractivity contribution in [2.75, 3.05) is 4.90 Å². The van der Waals surface area contributed by atoms with Gasteiger partial charge in [0.05, 0.1) is 4.90 Å². The molecule has 5 nitrogen and oxygen atoms in total. The van der Waals surface area contributed by atoms with Crippen molar-refractivity contribution in [2.24, 2.45) is 0 Å². The van der Waals surface area contributed by atoms with Crippen molar-refractivity contribution in [3.8, 4) is 0 Å². The molecule has 1 N–H and O–H groups in total. The predicted molar refractivity (Wildman–Crippen MR) is 119 cm³/mol. The van der Waals surface area contributed by atoms with E-state index in [0.717, 1.165) is 4.47 Å². The maximum absolute atomic E-state index is 13.4. The van der Waals surface area contributed by atoms with Crippen LogP contribution in [-0.4, -0.2) is 19.4 Å². The summed E-state index contributed by atoms with van der Waals surface area (Å²) in [6.07, 6.45) is 0. The van der Waals surface area contributed by atoms with E-state index < -0.39 is 27.5 Å². The molecule has 1 amide bonds. The van der Waals surface area contributed by atoms with Crippen LogP contribution in [0, 0.1) is 0 Å². The van der Waals surface area contributed by atoms with Crippen molar-refractivity contribution in [3.63, 3.8) is 0 Å². The highest BCUT2D eigenvalue weighted by Gasteiger charge is 2.47. The summed E-state index contributed by atoms with van der Waals surface area (Å²) in [4.78, 5) is 14.0. The van der Waals surface area contributed by atoms with Gasteiger partial charge in [-0.3, -0.25) is 9.69 Å². The minimum absolute atomic E-state index is 0.00373. The molecule has 0 saturated carbocycles. The lowest BCUT2D eigenvalue weighted by atomic mass is 10.1. The normalized spacial score (nSPS) is 16.9. The average molecular weight is 505 g/mol. The molecule has 0 unspecified atom stereocenters. The number of hydrogen-bond donors (Lipinski definition) is 1. The third-order valence-corrected chi connectivity index (χ3v) is 7.46. The summed E-state index contributed by atoms with van der Waals surface area (Å²) in [5.74, 6) is -1.58. The Bertz CT molecular complexity index is 1240. The molecular formula is C22H15BrClNO4S. The molecule has 0 aliphatic carbocycles. The van der Waals surface area contributed by atoms with Crippen molar-refractivity contribution in [3.05, 3.63) is 105 Å². The zero-order valence-corrected chi connectivity index (χ0v) is 18.5. The molecular weight excluding hydrogens is 490 g/mol. The van der Waals surface area contributed by atoms with Gasteiger partial charge in [0.1, 0.15) is 10.9 Å². The lowest BCUT2D eigenvalue weighted by molar-refractivity contribution is -0.117. The number of aliphatic hydroxyl groups is 1. The molecule has 3 aromatic rings. The van der Waals surface area contributed by atoms with Crippen molar-refractivity contribution in [1.29, 1.82) is 0 Å². The second-order valence-corrected chi connectivity index (χ2v) is 9.91. The molecule has 3 aromatic carbocycles. The quantitative estimate of drug-likeness (QED) is 0.514. The van der Waals surface area contributed by atoms with E-state index in [1.807, 2.05) is 0 Å². The first-order valence-electron chi connectivity index (χ1n) is 8.88. The Morgan fingerprint density at radius 1 is 0.900 bits per heavy atom. The summed E-state index contributed by atoms with van der Waals surface area (Å²) in [5.41, 5.74) is 0.960. The fourth-order valence-corrected chi connectivity index (χ4v) is 5.43. The minimum Gasteiger partial charge on any atom is -0.502 e. The molecule has 0 aromatic heterocycles. The Kier molecular flexibility index (Phi) is 5.44. The van der Waals surface area contributed by atoms with Crippen molar-refractivity contribution in [1.82, 2.24) is 0 Å². The number of amides is 1. The van der Waals surface area contributed by atoms with Crippen LogP contribution in [0.4, 0.5) is 5.69 Å². The van der Waals surface area contributed by atoms with Gasteiger partial charge in [0.25, 0.3) is 5.91 Å². The van der Waals surface area contributed by atoms with Crippen LogP contribution in [0.5, 0.6) is 0 Å². The molecule has 1 atom stereocenters. The highest BCUT2D eigenvalue weighted by molar-refractivity contribution is 9.10. The van der Waals surface area contributed by atoms with Gasteiger partial charge >= 0.3 is 0 Å². The van der Waals surface area contributed by atoms with Crippen LogP contribution < -0.4 is 4.90 Å². The fraction of sp³-hybridized carbons (Fsp3) is 0.0455. The molecule has 0 fully saturated rings. The molecule has 8 heteroatoms. The average Bonchev–Trinajstić information content (AvgIpc) is 3.01. The van der Waals surface area contributed by atoms with Crippen LogP contribution in [0.3, 0.4) is 0 Å². The molecule has 152 valence electrons. The highest BCUT2D eigenvalue weighted by atomic mass is 79.9. The van der Waals surface area contributed by atoms with Crippen molar-refractivity contribution >= 4 is 49.0 Å². The number of aliphatic hydroxyl groups excluding tert-OH is 1. The fourth-order valence-electron chi connectivity index (χ4n) is 3.40. The predicted octanol–water partition coefficient (Wildman–Crippen LogP) is 5.43. The summed E-state index contributed by atoms with van der Waals surface area (Å²) in [6, 6.07) is 20.0. The number of sulfone groups is 1. The molecule has 0 radical (unpaired) electrons. The summed E-state index contributed by atoms with van der Waals surface area (Å²) < 4.78 is 27.7. The summed E-state index contributed by atoms with van der Waals surface area (Å²) in [5, 5.41) is 11.2.